The first-order chi connectivity index (χ1) is 10.2. The van der Waals surface area contributed by atoms with Crippen LogP contribution < -0.4 is 0 Å². The van der Waals surface area contributed by atoms with Gasteiger partial charge in [0.15, 0.2) is 0 Å². The Morgan fingerprint density at radius 3 is 2.90 bits per heavy atom. The van der Waals surface area contributed by atoms with Crippen LogP contribution in [0.1, 0.15) is 37.4 Å². The largest absolute Gasteiger partial charge is 0.393 e. The molecule has 0 spiro atoms. The van der Waals surface area contributed by atoms with Crippen LogP contribution in [0.4, 0.5) is 0 Å². The molecule has 2 heteroatoms. The summed E-state index contributed by atoms with van der Waals surface area (Å²) in [5, 5.41) is 10.4. The average molecular weight is 281 g/mol. The van der Waals surface area contributed by atoms with E-state index in [1.807, 2.05) is 19.1 Å². The number of fused-ring (bicyclic) bond motifs is 1. The summed E-state index contributed by atoms with van der Waals surface area (Å²) in [6.45, 7) is 5.60. The molecule has 1 aromatic carbocycles. The normalized spacial score (nSPS) is 12.9. The highest BCUT2D eigenvalue weighted by Crippen LogP contribution is 2.16. The number of hydrogen-bond acceptors (Lipinski definition) is 2. The van der Waals surface area contributed by atoms with Crippen molar-refractivity contribution in [2.45, 2.75) is 38.7 Å². The fourth-order valence-electron chi connectivity index (χ4n) is 2.31. The zero-order valence-electron chi connectivity index (χ0n) is 12.6. The van der Waals surface area contributed by atoms with Crippen LogP contribution in [0.25, 0.3) is 17.0 Å². The van der Waals surface area contributed by atoms with E-state index in [4.69, 9.17) is 0 Å². The van der Waals surface area contributed by atoms with Gasteiger partial charge < -0.3 is 5.11 Å². The van der Waals surface area contributed by atoms with E-state index in [-0.39, 0.29) is 6.10 Å². The van der Waals surface area contributed by atoms with Crippen molar-refractivity contribution in [3.8, 4) is 0 Å². The zero-order valence-corrected chi connectivity index (χ0v) is 12.6. The van der Waals surface area contributed by atoms with E-state index in [9.17, 15) is 5.11 Å². The second-order valence-corrected chi connectivity index (χ2v) is 5.44. The Hall–Kier alpha value is -1.93. The zero-order chi connectivity index (χ0) is 15.1. The number of aliphatic hydroxyl groups excluding tert-OH is 1. The maximum atomic E-state index is 9.21. The van der Waals surface area contributed by atoms with Crippen LogP contribution in [0.5, 0.6) is 0 Å². The quantitative estimate of drug-likeness (QED) is 0.597. The molecule has 2 aromatic rings. The van der Waals surface area contributed by atoms with Crippen molar-refractivity contribution in [3.05, 3.63) is 60.3 Å². The minimum absolute atomic E-state index is 0.207. The third-order valence-electron chi connectivity index (χ3n) is 3.44. The van der Waals surface area contributed by atoms with Crippen molar-refractivity contribution in [3.63, 3.8) is 0 Å². The van der Waals surface area contributed by atoms with Gasteiger partial charge in [0.1, 0.15) is 0 Å². The van der Waals surface area contributed by atoms with E-state index >= 15 is 0 Å². The molecule has 1 aromatic heterocycles. The Labute approximate surface area is 126 Å². The summed E-state index contributed by atoms with van der Waals surface area (Å²) >= 11 is 0. The van der Waals surface area contributed by atoms with Gasteiger partial charge in [-0.2, -0.15) is 0 Å². The summed E-state index contributed by atoms with van der Waals surface area (Å²) in [6.07, 6.45) is 9.61. The summed E-state index contributed by atoms with van der Waals surface area (Å²) in [6, 6.07) is 10.5. The number of benzene rings is 1. The van der Waals surface area contributed by atoms with Crippen LogP contribution in [0.15, 0.2) is 49.1 Å². The number of nitrogens with zero attached hydrogens (tertiary/aromatic N) is 1. The first kappa shape index (κ1) is 15.5. The van der Waals surface area contributed by atoms with E-state index in [0.717, 1.165) is 36.9 Å². The van der Waals surface area contributed by atoms with Crippen molar-refractivity contribution >= 4 is 17.0 Å². The maximum absolute atomic E-state index is 9.21. The summed E-state index contributed by atoms with van der Waals surface area (Å²) in [5.41, 5.74) is 3.27. The van der Waals surface area contributed by atoms with Gasteiger partial charge in [-0.05, 0) is 62.4 Å². The third-order valence-corrected chi connectivity index (χ3v) is 3.44. The molecule has 1 unspecified atom stereocenters. The van der Waals surface area contributed by atoms with Crippen LogP contribution in [0.3, 0.4) is 0 Å². The molecule has 0 bridgehead atoms. The van der Waals surface area contributed by atoms with Gasteiger partial charge in [-0.15, -0.1) is 6.58 Å². The van der Waals surface area contributed by atoms with Crippen molar-refractivity contribution in [2.75, 3.05) is 0 Å². The molecule has 110 valence electrons. The lowest BCUT2D eigenvalue weighted by molar-refractivity contribution is 0.182. The van der Waals surface area contributed by atoms with Gasteiger partial charge in [0.25, 0.3) is 0 Å². The molecule has 1 heterocycles. The monoisotopic (exact) mass is 281 g/mol. The Kier molecular flexibility index (Phi) is 5.70. The fraction of sp³-hybridized carbons (Fsp3) is 0.316. The molecular weight excluding hydrogens is 258 g/mol. The van der Waals surface area contributed by atoms with Gasteiger partial charge in [0, 0.05) is 5.39 Å². The highest BCUT2D eigenvalue weighted by molar-refractivity contribution is 5.80. The minimum Gasteiger partial charge on any atom is -0.393 e. The van der Waals surface area contributed by atoms with E-state index in [1.165, 1.54) is 10.9 Å². The predicted octanol–water partition coefficient (Wildman–Crippen LogP) is 4.53. The van der Waals surface area contributed by atoms with Gasteiger partial charge in [0.05, 0.1) is 17.3 Å². The molecule has 0 amide bonds. The number of rotatable bonds is 7. The second kappa shape index (κ2) is 7.75. The minimum atomic E-state index is -0.207. The molecule has 2 rings (SSSR count). The summed E-state index contributed by atoms with van der Waals surface area (Å²) < 4.78 is 0. The Morgan fingerprint density at radius 2 is 2.14 bits per heavy atom. The second-order valence-electron chi connectivity index (χ2n) is 5.44. The number of pyridine rings is 1. The molecule has 0 saturated carbocycles. The number of aliphatic hydroxyl groups is 1. The number of unbranched alkanes of at least 4 members (excludes halogenated alkanes) is 1. The molecular formula is C19H23NO. The lowest BCUT2D eigenvalue weighted by Crippen LogP contribution is -1.97. The average Bonchev–Trinajstić information content (AvgIpc) is 2.47. The summed E-state index contributed by atoms with van der Waals surface area (Å²) in [7, 11) is 0. The van der Waals surface area contributed by atoms with Crippen LogP contribution in [0.2, 0.25) is 0 Å². The number of hydrogen-bond donors (Lipinski definition) is 1. The molecule has 1 atom stereocenters. The summed E-state index contributed by atoms with van der Waals surface area (Å²) in [4.78, 5) is 4.65. The molecule has 0 radical (unpaired) electrons. The molecule has 1 N–H and O–H groups in total. The van der Waals surface area contributed by atoms with E-state index in [2.05, 4.69) is 48.0 Å². The van der Waals surface area contributed by atoms with Crippen LogP contribution in [0, 0.1) is 0 Å². The first-order valence-electron chi connectivity index (χ1n) is 7.54. The highest BCUT2D eigenvalue weighted by atomic mass is 16.3. The SMILES string of the molecule is C=CCc1ccc2nc(/C=C/CCCC(C)O)ccc2c1. The van der Waals surface area contributed by atoms with Crippen molar-refractivity contribution in [1.29, 1.82) is 0 Å². The van der Waals surface area contributed by atoms with Crippen LogP contribution in [-0.2, 0) is 6.42 Å². The van der Waals surface area contributed by atoms with Gasteiger partial charge in [-0.1, -0.05) is 24.3 Å². The van der Waals surface area contributed by atoms with Crippen molar-refractivity contribution in [2.24, 2.45) is 0 Å². The smallest absolute Gasteiger partial charge is 0.0709 e. The molecule has 0 aliphatic carbocycles. The van der Waals surface area contributed by atoms with E-state index < -0.39 is 0 Å². The van der Waals surface area contributed by atoms with Gasteiger partial charge in [-0.3, -0.25) is 0 Å². The molecule has 2 nitrogen and oxygen atoms in total. The van der Waals surface area contributed by atoms with E-state index in [1.54, 1.807) is 0 Å². The fourth-order valence-corrected chi connectivity index (χ4v) is 2.31. The Morgan fingerprint density at radius 1 is 1.29 bits per heavy atom. The first-order valence-corrected chi connectivity index (χ1v) is 7.54. The van der Waals surface area contributed by atoms with Gasteiger partial charge in [0.2, 0.25) is 0 Å². The Bertz CT molecular complexity index is 628. The Balaban J connectivity index is 2.03. The van der Waals surface area contributed by atoms with Crippen molar-refractivity contribution < 1.29 is 5.11 Å². The standard InChI is InChI=1S/C19H23NO/c1-3-7-16-10-13-19-17(14-16)11-12-18(20-19)9-6-4-5-8-15(2)21/h3,6,9-15,21H,1,4-5,7-8H2,2H3/b9-6+. The molecule has 0 fully saturated rings. The van der Waals surface area contributed by atoms with Crippen molar-refractivity contribution in [1.82, 2.24) is 4.98 Å². The number of allylic oxidation sites excluding steroid dienone is 2. The summed E-state index contributed by atoms with van der Waals surface area (Å²) in [5.74, 6) is 0. The maximum Gasteiger partial charge on any atom is 0.0709 e. The lowest BCUT2D eigenvalue weighted by Gasteiger charge is -2.02. The molecule has 0 aliphatic rings. The van der Waals surface area contributed by atoms with Crippen LogP contribution in [-0.4, -0.2) is 16.2 Å². The molecule has 0 saturated heterocycles. The molecule has 0 aliphatic heterocycles. The van der Waals surface area contributed by atoms with Crippen LogP contribution >= 0.6 is 0 Å². The highest BCUT2D eigenvalue weighted by Gasteiger charge is 1.98. The van der Waals surface area contributed by atoms with Gasteiger partial charge in [-0.25, -0.2) is 4.98 Å². The lowest BCUT2D eigenvalue weighted by atomic mass is 10.1. The molecule has 21 heavy (non-hydrogen) atoms. The topological polar surface area (TPSA) is 33.1 Å². The number of aromatic nitrogens is 1. The predicted molar refractivity (Wildman–Crippen MR) is 90.2 cm³/mol. The van der Waals surface area contributed by atoms with E-state index in [0.29, 0.717) is 0 Å². The van der Waals surface area contributed by atoms with Gasteiger partial charge >= 0.3 is 0 Å². The third kappa shape index (κ3) is 4.83.